The van der Waals surface area contributed by atoms with E-state index in [0.717, 1.165) is 36.8 Å². The number of H-pyrrole nitrogens is 1. The molecule has 2 aromatic heterocycles. The van der Waals surface area contributed by atoms with Crippen LogP contribution in [0.2, 0.25) is 0 Å². The molecule has 2 aliphatic heterocycles. The van der Waals surface area contributed by atoms with Gasteiger partial charge < -0.3 is 4.90 Å². The number of hydrogen-bond donors (Lipinski definition) is 1. The number of benzene rings is 1. The van der Waals surface area contributed by atoms with Gasteiger partial charge in [0.1, 0.15) is 11.5 Å². The first-order chi connectivity index (χ1) is 14.5. The Kier molecular flexibility index (Phi) is 4.62. The molecule has 2 fully saturated rings. The molecule has 0 aliphatic carbocycles. The average Bonchev–Trinajstić information content (AvgIpc) is 3.31. The first kappa shape index (κ1) is 18.9. The van der Waals surface area contributed by atoms with E-state index in [1.807, 2.05) is 36.9 Å². The molecule has 1 unspecified atom stereocenters. The van der Waals surface area contributed by atoms with Crippen LogP contribution in [-0.2, 0) is 6.54 Å². The molecule has 5 rings (SSSR count). The Bertz CT molecular complexity index is 1060. The van der Waals surface area contributed by atoms with E-state index in [2.05, 4.69) is 49.3 Å². The number of hydrogen-bond acceptors (Lipinski definition) is 5. The minimum absolute atomic E-state index is 0.0121. The van der Waals surface area contributed by atoms with Crippen molar-refractivity contribution in [2.45, 2.75) is 26.3 Å². The number of carbonyl (C=O) groups is 1. The van der Waals surface area contributed by atoms with E-state index in [-0.39, 0.29) is 17.2 Å². The van der Waals surface area contributed by atoms with Gasteiger partial charge in [-0.1, -0.05) is 36.4 Å². The number of nitrogens with zero attached hydrogens (tertiary/aromatic N) is 5. The molecule has 0 radical (unpaired) electrons. The second kappa shape index (κ2) is 7.32. The molecule has 30 heavy (non-hydrogen) atoms. The van der Waals surface area contributed by atoms with E-state index >= 15 is 0 Å². The molecule has 0 bridgehead atoms. The van der Waals surface area contributed by atoms with Crippen LogP contribution in [0.1, 0.15) is 39.2 Å². The summed E-state index contributed by atoms with van der Waals surface area (Å²) in [6.45, 7) is 8.03. The number of nitrogens with one attached hydrogen (secondary N) is 1. The fourth-order valence-corrected chi connectivity index (χ4v) is 4.94. The summed E-state index contributed by atoms with van der Waals surface area (Å²) in [4.78, 5) is 26.4. The molecule has 2 saturated heterocycles. The minimum Gasteiger partial charge on any atom is -0.336 e. The molecule has 154 valence electrons. The second-order valence-electron chi connectivity index (χ2n) is 8.68. The molecule has 1 aromatic carbocycles. The standard InChI is InChI=1S/C23H26N6O/c1-16-7-6-10-24-20(16)22(30)29-14-23(15-29)13-28(11-18-8-4-3-5-9-18)12-19(23)21-25-17(2)26-27-21/h3-10,19H,11-15H2,1-2H3,(H,25,26,27). The molecule has 1 atom stereocenters. The maximum Gasteiger partial charge on any atom is 0.272 e. The highest BCUT2D eigenvalue weighted by molar-refractivity contribution is 5.94. The van der Waals surface area contributed by atoms with Crippen molar-refractivity contribution in [1.82, 2.24) is 30.0 Å². The summed E-state index contributed by atoms with van der Waals surface area (Å²) < 4.78 is 0. The highest BCUT2D eigenvalue weighted by Gasteiger charge is 2.57. The van der Waals surface area contributed by atoms with Crippen molar-refractivity contribution in [2.75, 3.05) is 26.2 Å². The number of likely N-dealkylation sites (tertiary alicyclic amines) is 2. The molecule has 7 nitrogen and oxygen atoms in total. The molecule has 1 spiro atoms. The van der Waals surface area contributed by atoms with Crippen LogP contribution in [0.25, 0.3) is 0 Å². The lowest BCUT2D eigenvalue weighted by atomic mass is 9.71. The van der Waals surface area contributed by atoms with Gasteiger partial charge in [0.25, 0.3) is 5.91 Å². The number of carbonyl (C=O) groups excluding carboxylic acids is 1. The summed E-state index contributed by atoms with van der Waals surface area (Å²) in [6.07, 6.45) is 1.69. The smallest absolute Gasteiger partial charge is 0.272 e. The lowest BCUT2D eigenvalue weighted by Crippen LogP contribution is -2.61. The molecule has 3 aromatic rings. The number of aromatic amines is 1. The van der Waals surface area contributed by atoms with Gasteiger partial charge in [0, 0.05) is 50.3 Å². The first-order valence-corrected chi connectivity index (χ1v) is 10.4. The van der Waals surface area contributed by atoms with Crippen molar-refractivity contribution in [3.05, 3.63) is 77.1 Å². The Morgan fingerprint density at radius 2 is 1.93 bits per heavy atom. The van der Waals surface area contributed by atoms with Crippen molar-refractivity contribution in [2.24, 2.45) is 5.41 Å². The summed E-state index contributed by atoms with van der Waals surface area (Å²) in [5, 5.41) is 7.47. The first-order valence-electron chi connectivity index (χ1n) is 10.4. The second-order valence-corrected chi connectivity index (χ2v) is 8.68. The predicted molar refractivity (Wildman–Crippen MR) is 113 cm³/mol. The highest BCUT2D eigenvalue weighted by Crippen LogP contribution is 2.49. The number of amides is 1. The van der Waals surface area contributed by atoms with Crippen molar-refractivity contribution in [1.29, 1.82) is 0 Å². The van der Waals surface area contributed by atoms with Gasteiger partial charge in [0.2, 0.25) is 0 Å². The van der Waals surface area contributed by atoms with Crippen molar-refractivity contribution in [3.63, 3.8) is 0 Å². The van der Waals surface area contributed by atoms with E-state index in [9.17, 15) is 4.79 Å². The Balaban J connectivity index is 1.37. The van der Waals surface area contributed by atoms with E-state index in [1.54, 1.807) is 6.20 Å². The number of aryl methyl sites for hydroxylation is 2. The number of rotatable bonds is 4. The van der Waals surface area contributed by atoms with Gasteiger partial charge in [-0.3, -0.25) is 19.8 Å². The van der Waals surface area contributed by atoms with Crippen LogP contribution in [-0.4, -0.2) is 62.1 Å². The van der Waals surface area contributed by atoms with Crippen molar-refractivity contribution < 1.29 is 4.79 Å². The largest absolute Gasteiger partial charge is 0.336 e. The molecular weight excluding hydrogens is 376 g/mol. The molecule has 4 heterocycles. The molecular formula is C23H26N6O. The molecule has 7 heteroatoms. The van der Waals surface area contributed by atoms with Gasteiger partial charge >= 0.3 is 0 Å². The van der Waals surface area contributed by atoms with Crippen LogP contribution in [0.4, 0.5) is 0 Å². The summed E-state index contributed by atoms with van der Waals surface area (Å²) in [6, 6.07) is 14.3. The lowest BCUT2D eigenvalue weighted by molar-refractivity contribution is 0.00130. The Morgan fingerprint density at radius 3 is 2.63 bits per heavy atom. The zero-order valence-electron chi connectivity index (χ0n) is 17.4. The van der Waals surface area contributed by atoms with Gasteiger partial charge in [-0.15, -0.1) is 0 Å². The quantitative estimate of drug-likeness (QED) is 0.726. The molecule has 0 saturated carbocycles. The number of aromatic nitrogens is 4. The number of pyridine rings is 1. The van der Waals surface area contributed by atoms with E-state index in [1.165, 1.54) is 5.56 Å². The lowest BCUT2D eigenvalue weighted by Gasteiger charge is -2.50. The van der Waals surface area contributed by atoms with Crippen LogP contribution >= 0.6 is 0 Å². The zero-order valence-corrected chi connectivity index (χ0v) is 17.4. The molecule has 1 amide bonds. The summed E-state index contributed by atoms with van der Waals surface area (Å²) in [5.41, 5.74) is 2.76. The topological polar surface area (TPSA) is 78.0 Å². The third kappa shape index (κ3) is 3.29. The van der Waals surface area contributed by atoms with Crippen LogP contribution in [0.3, 0.4) is 0 Å². The Hall–Kier alpha value is -3.06. The molecule has 1 N–H and O–H groups in total. The normalized spacial score (nSPS) is 20.5. The van der Waals surface area contributed by atoms with Crippen molar-refractivity contribution in [3.8, 4) is 0 Å². The fourth-order valence-electron chi connectivity index (χ4n) is 4.94. The summed E-state index contributed by atoms with van der Waals surface area (Å²) in [7, 11) is 0. The van der Waals surface area contributed by atoms with E-state index in [0.29, 0.717) is 18.8 Å². The van der Waals surface area contributed by atoms with E-state index in [4.69, 9.17) is 0 Å². The highest BCUT2D eigenvalue weighted by atomic mass is 16.2. The molecule has 2 aliphatic rings. The van der Waals surface area contributed by atoms with Crippen molar-refractivity contribution >= 4 is 5.91 Å². The van der Waals surface area contributed by atoms with Crippen LogP contribution in [0.5, 0.6) is 0 Å². The monoisotopic (exact) mass is 402 g/mol. The van der Waals surface area contributed by atoms with Crippen LogP contribution in [0.15, 0.2) is 48.7 Å². The maximum atomic E-state index is 13.0. The summed E-state index contributed by atoms with van der Waals surface area (Å²) >= 11 is 0. The maximum absolute atomic E-state index is 13.0. The Morgan fingerprint density at radius 1 is 1.13 bits per heavy atom. The zero-order chi connectivity index (χ0) is 20.7. The van der Waals surface area contributed by atoms with Gasteiger partial charge in [0.15, 0.2) is 5.82 Å². The van der Waals surface area contributed by atoms with Gasteiger partial charge in [-0.25, -0.2) is 4.98 Å². The Labute approximate surface area is 176 Å². The van der Waals surface area contributed by atoms with Crippen LogP contribution in [0, 0.1) is 19.3 Å². The predicted octanol–water partition coefficient (Wildman–Crippen LogP) is 2.56. The van der Waals surface area contributed by atoms with Gasteiger partial charge in [-0.05, 0) is 31.0 Å². The fraction of sp³-hybridized carbons (Fsp3) is 0.391. The van der Waals surface area contributed by atoms with Gasteiger partial charge in [0.05, 0.1) is 0 Å². The van der Waals surface area contributed by atoms with E-state index < -0.39 is 0 Å². The average molecular weight is 403 g/mol. The third-order valence-electron chi connectivity index (χ3n) is 6.40. The minimum atomic E-state index is -0.0121. The SMILES string of the molecule is Cc1nc(C2CN(Cc3ccccc3)CC23CN(C(=O)c2ncccc2C)C3)n[nH]1. The van der Waals surface area contributed by atoms with Crippen LogP contribution < -0.4 is 0 Å². The van der Waals surface area contributed by atoms with Gasteiger partial charge in [-0.2, -0.15) is 5.10 Å². The summed E-state index contributed by atoms with van der Waals surface area (Å²) in [5.74, 6) is 1.92. The third-order valence-corrected chi connectivity index (χ3v) is 6.40.